The third kappa shape index (κ3) is 1.56. The van der Waals surface area contributed by atoms with Gasteiger partial charge in [0.25, 0.3) is 10.1 Å². The number of hydrogen-bond donors (Lipinski definition) is 2. The summed E-state index contributed by atoms with van der Waals surface area (Å²) in [4.78, 5) is 0. The van der Waals surface area contributed by atoms with Gasteiger partial charge in [0.2, 0.25) is 0 Å². The molecule has 0 aromatic heterocycles. The number of nitrogens with two attached hydrogens (primary N) is 1. The zero-order valence-electron chi connectivity index (χ0n) is 5.27. The van der Waals surface area contributed by atoms with E-state index >= 15 is 0 Å². The van der Waals surface area contributed by atoms with Crippen molar-refractivity contribution in [2.45, 2.75) is 17.7 Å². The first-order valence-electron chi connectivity index (χ1n) is 2.90. The first-order valence-corrected chi connectivity index (χ1v) is 4.40. The lowest BCUT2D eigenvalue weighted by atomic mass is 10.3. The van der Waals surface area contributed by atoms with Crippen molar-refractivity contribution >= 4 is 10.1 Å². The van der Waals surface area contributed by atoms with Crippen molar-refractivity contribution in [3.63, 3.8) is 0 Å². The predicted molar refractivity (Wildman–Crippen MR) is 37.1 cm³/mol. The maximum Gasteiger partial charge on any atom is 0.271 e. The smallest absolute Gasteiger partial charge is 0.271 e. The van der Waals surface area contributed by atoms with Crippen molar-refractivity contribution < 1.29 is 13.0 Å². The van der Waals surface area contributed by atoms with Gasteiger partial charge in [-0.15, -0.1) is 0 Å². The minimum atomic E-state index is -3.90. The molecule has 5 heteroatoms. The number of rotatable bonds is 1. The summed E-state index contributed by atoms with van der Waals surface area (Å²) in [6, 6.07) is -0.230. The summed E-state index contributed by atoms with van der Waals surface area (Å²) in [6.45, 7) is 0. The molecule has 0 saturated carbocycles. The Morgan fingerprint density at radius 3 is 2.30 bits per heavy atom. The summed E-state index contributed by atoms with van der Waals surface area (Å²) in [5.74, 6) is 0. The van der Waals surface area contributed by atoms with Crippen LogP contribution >= 0.6 is 0 Å². The Kier molecular flexibility index (Phi) is 1.80. The molecule has 4 nitrogen and oxygen atoms in total. The zero-order valence-corrected chi connectivity index (χ0v) is 6.08. The van der Waals surface area contributed by atoms with Gasteiger partial charge in [-0.25, -0.2) is 0 Å². The summed E-state index contributed by atoms with van der Waals surface area (Å²) in [5.41, 5.74) is 5.36. The summed E-state index contributed by atoms with van der Waals surface area (Å²) in [6.07, 6.45) is 3.29. The van der Waals surface area contributed by atoms with Crippen LogP contribution in [-0.4, -0.2) is 24.3 Å². The molecule has 0 heterocycles. The van der Waals surface area contributed by atoms with E-state index in [2.05, 4.69) is 0 Å². The molecule has 0 bridgehead atoms. The lowest BCUT2D eigenvalue weighted by Crippen LogP contribution is -2.22. The zero-order chi connectivity index (χ0) is 7.78. The second-order valence-electron chi connectivity index (χ2n) is 2.34. The van der Waals surface area contributed by atoms with Gasteiger partial charge < -0.3 is 5.73 Å². The summed E-state index contributed by atoms with van der Waals surface area (Å²) in [7, 11) is -3.90. The molecule has 0 amide bonds. The molecule has 10 heavy (non-hydrogen) atoms. The second kappa shape index (κ2) is 2.34. The van der Waals surface area contributed by atoms with Gasteiger partial charge in [0, 0.05) is 6.04 Å². The Labute approximate surface area is 59.5 Å². The van der Waals surface area contributed by atoms with Crippen LogP contribution in [0.2, 0.25) is 0 Å². The first-order chi connectivity index (χ1) is 4.50. The lowest BCUT2D eigenvalue weighted by Gasteiger charge is -2.03. The van der Waals surface area contributed by atoms with Crippen LogP contribution in [0.1, 0.15) is 6.42 Å². The predicted octanol–water partition coefficient (Wildman–Crippen LogP) is -0.470. The fourth-order valence-electron chi connectivity index (χ4n) is 0.913. The summed E-state index contributed by atoms with van der Waals surface area (Å²) < 4.78 is 29.4. The van der Waals surface area contributed by atoms with Crippen LogP contribution in [0.25, 0.3) is 0 Å². The molecule has 0 unspecified atom stereocenters. The topological polar surface area (TPSA) is 80.4 Å². The molecule has 0 radical (unpaired) electrons. The molecule has 3 N–H and O–H groups in total. The van der Waals surface area contributed by atoms with E-state index < -0.39 is 15.4 Å². The Hall–Kier alpha value is -0.390. The van der Waals surface area contributed by atoms with Crippen molar-refractivity contribution in [2.24, 2.45) is 5.73 Å². The van der Waals surface area contributed by atoms with Crippen molar-refractivity contribution in [2.75, 3.05) is 0 Å². The lowest BCUT2D eigenvalue weighted by molar-refractivity contribution is 0.472. The van der Waals surface area contributed by atoms with E-state index in [1.807, 2.05) is 0 Å². The van der Waals surface area contributed by atoms with Gasteiger partial charge in [0.1, 0.15) is 5.25 Å². The molecule has 0 aromatic carbocycles. The molecule has 1 aliphatic rings. The maximum absolute atomic E-state index is 10.4. The molecule has 58 valence electrons. The van der Waals surface area contributed by atoms with E-state index in [9.17, 15) is 8.42 Å². The van der Waals surface area contributed by atoms with Crippen molar-refractivity contribution in [3.8, 4) is 0 Å². The average molecular weight is 163 g/mol. The van der Waals surface area contributed by atoms with Gasteiger partial charge in [0.05, 0.1) is 0 Å². The van der Waals surface area contributed by atoms with E-state index in [1.54, 1.807) is 6.08 Å². The number of hydrogen-bond acceptors (Lipinski definition) is 3. The van der Waals surface area contributed by atoms with Crippen molar-refractivity contribution in [3.05, 3.63) is 12.2 Å². The molecule has 0 fully saturated rings. The Morgan fingerprint density at radius 2 is 2.10 bits per heavy atom. The Balaban J connectivity index is 2.73. The molecule has 1 aliphatic carbocycles. The fourth-order valence-corrected chi connectivity index (χ4v) is 1.67. The molecule has 0 aromatic rings. The minimum absolute atomic E-state index is 0.230. The molecule has 0 spiro atoms. The van der Waals surface area contributed by atoms with Gasteiger partial charge in [-0.2, -0.15) is 8.42 Å². The Bertz CT molecular complexity index is 244. The van der Waals surface area contributed by atoms with Crippen molar-refractivity contribution in [1.82, 2.24) is 0 Å². The second-order valence-corrected chi connectivity index (χ2v) is 3.97. The molecular formula is C5H9NO3S. The van der Waals surface area contributed by atoms with E-state index in [-0.39, 0.29) is 6.04 Å². The highest BCUT2D eigenvalue weighted by Crippen LogP contribution is 2.15. The van der Waals surface area contributed by atoms with Crippen LogP contribution in [0.4, 0.5) is 0 Å². The van der Waals surface area contributed by atoms with Gasteiger partial charge in [-0.3, -0.25) is 4.55 Å². The molecule has 2 atom stereocenters. The largest absolute Gasteiger partial charge is 0.324 e. The van der Waals surface area contributed by atoms with Gasteiger partial charge in [-0.1, -0.05) is 12.2 Å². The Morgan fingerprint density at radius 1 is 1.50 bits per heavy atom. The fraction of sp³-hybridized carbons (Fsp3) is 0.600. The van der Waals surface area contributed by atoms with Crippen LogP contribution in [0.3, 0.4) is 0 Å². The molecule has 0 saturated heterocycles. The standard InChI is InChI=1S/C5H9NO3S/c6-4-1-2-5(3-4)10(7,8)9/h1-2,4-5H,3,6H2,(H,7,8,9)/t4-,5+/m1/s1. The van der Waals surface area contributed by atoms with Crippen molar-refractivity contribution in [1.29, 1.82) is 0 Å². The monoisotopic (exact) mass is 163 g/mol. The van der Waals surface area contributed by atoms with Gasteiger partial charge in [-0.05, 0) is 6.42 Å². The van der Waals surface area contributed by atoms with Crippen LogP contribution in [0.5, 0.6) is 0 Å². The highest BCUT2D eigenvalue weighted by atomic mass is 32.2. The molecule has 1 rings (SSSR count). The quantitative estimate of drug-likeness (QED) is 0.404. The highest BCUT2D eigenvalue weighted by molar-refractivity contribution is 7.86. The maximum atomic E-state index is 10.4. The summed E-state index contributed by atoms with van der Waals surface area (Å²) in [5, 5.41) is -0.789. The molecular weight excluding hydrogens is 154 g/mol. The van der Waals surface area contributed by atoms with Crippen LogP contribution in [0.15, 0.2) is 12.2 Å². The first kappa shape index (κ1) is 7.71. The highest BCUT2D eigenvalue weighted by Gasteiger charge is 2.25. The van der Waals surface area contributed by atoms with Crippen LogP contribution in [-0.2, 0) is 10.1 Å². The van der Waals surface area contributed by atoms with E-state index in [0.717, 1.165) is 0 Å². The minimum Gasteiger partial charge on any atom is -0.324 e. The van der Waals surface area contributed by atoms with Gasteiger partial charge >= 0.3 is 0 Å². The molecule has 0 aliphatic heterocycles. The van der Waals surface area contributed by atoms with Gasteiger partial charge in [0.15, 0.2) is 0 Å². The van der Waals surface area contributed by atoms with Crippen LogP contribution < -0.4 is 5.73 Å². The van der Waals surface area contributed by atoms with E-state index in [4.69, 9.17) is 10.3 Å². The normalized spacial score (nSPS) is 33.0. The average Bonchev–Trinajstić information content (AvgIpc) is 2.11. The summed E-state index contributed by atoms with van der Waals surface area (Å²) >= 11 is 0. The third-order valence-electron chi connectivity index (χ3n) is 1.46. The van der Waals surface area contributed by atoms with E-state index in [0.29, 0.717) is 6.42 Å². The van der Waals surface area contributed by atoms with Crippen LogP contribution in [0, 0.1) is 0 Å². The van der Waals surface area contributed by atoms with E-state index in [1.165, 1.54) is 6.08 Å². The third-order valence-corrected chi connectivity index (χ3v) is 2.57. The SMILES string of the molecule is N[C@@H]1C=C[C@H](S(=O)(=O)O)C1.